The summed E-state index contributed by atoms with van der Waals surface area (Å²) in [6.07, 6.45) is 0. The van der Waals surface area contributed by atoms with Crippen molar-refractivity contribution in [3.63, 3.8) is 0 Å². The number of carbonyl (C=O) groups excluding carboxylic acids is 1. The lowest BCUT2D eigenvalue weighted by atomic mass is 10.1. The smallest absolute Gasteiger partial charge is 0.290 e. The molecule has 1 amide bonds. The van der Waals surface area contributed by atoms with Gasteiger partial charge in [0.2, 0.25) is 5.76 Å². The van der Waals surface area contributed by atoms with Gasteiger partial charge in [0.05, 0.1) is 6.61 Å². The van der Waals surface area contributed by atoms with E-state index in [1.54, 1.807) is 19.2 Å². The molecule has 0 unspecified atom stereocenters. The van der Waals surface area contributed by atoms with E-state index < -0.39 is 0 Å². The molecule has 0 fully saturated rings. The first-order valence-corrected chi connectivity index (χ1v) is 6.12. The van der Waals surface area contributed by atoms with Crippen molar-refractivity contribution in [2.45, 2.75) is 13.0 Å². The Labute approximate surface area is 115 Å². The van der Waals surface area contributed by atoms with E-state index in [0.717, 1.165) is 0 Å². The van der Waals surface area contributed by atoms with Gasteiger partial charge in [-0.15, -0.1) is 0 Å². The minimum atomic E-state index is -0.385. The zero-order valence-electron chi connectivity index (χ0n) is 11.2. The molecular weight excluding hydrogens is 263 g/mol. The van der Waals surface area contributed by atoms with Crippen molar-refractivity contribution in [2.75, 3.05) is 13.7 Å². The van der Waals surface area contributed by atoms with Crippen molar-refractivity contribution in [1.29, 1.82) is 0 Å². The van der Waals surface area contributed by atoms with Crippen molar-refractivity contribution in [2.24, 2.45) is 0 Å². The average Bonchev–Trinajstić information content (AvgIpc) is 2.88. The number of carbonyl (C=O) groups is 1. The third-order valence-electron chi connectivity index (χ3n) is 2.65. The Morgan fingerprint density at radius 1 is 1.50 bits per heavy atom. The lowest BCUT2D eigenvalue weighted by Gasteiger charge is -2.10. The number of halogens is 1. The molecule has 0 spiro atoms. The molecule has 0 saturated carbocycles. The maximum atomic E-state index is 13.1. The van der Waals surface area contributed by atoms with Crippen LogP contribution in [0.25, 0.3) is 11.3 Å². The highest BCUT2D eigenvalue weighted by Crippen LogP contribution is 2.19. The number of ether oxygens (including phenoxy) is 1. The zero-order valence-corrected chi connectivity index (χ0v) is 11.2. The monoisotopic (exact) mass is 278 g/mol. The second-order valence-electron chi connectivity index (χ2n) is 4.42. The number of benzene rings is 1. The largest absolute Gasteiger partial charge is 0.383 e. The summed E-state index contributed by atoms with van der Waals surface area (Å²) >= 11 is 0. The molecule has 0 saturated heterocycles. The van der Waals surface area contributed by atoms with Crippen LogP contribution in [0.15, 0.2) is 34.9 Å². The van der Waals surface area contributed by atoms with E-state index >= 15 is 0 Å². The highest BCUT2D eigenvalue weighted by atomic mass is 19.1. The fourth-order valence-electron chi connectivity index (χ4n) is 1.75. The number of nitrogens with one attached hydrogen (secondary N) is 1. The lowest BCUT2D eigenvalue weighted by Crippen LogP contribution is -2.35. The minimum Gasteiger partial charge on any atom is -0.383 e. The van der Waals surface area contributed by atoms with Gasteiger partial charge in [0.1, 0.15) is 11.5 Å². The van der Waals surface area contributed by atoms with Gasteiger partial charge in [0, 0.05) is 24.8 Å². The van der Waals surface area contributed by atoms with Crippen LogP contribution in [0.2, 0.25) is 0 Å². The van der Waals surface area contributed by atoms with Gasteiger partial charge in [-0.2, -0.15) is 0 Å². The first-order valence-electron chi connectivity index (χ1n) is 6.12. The fourth-order valence-corrected chi connectivity index (χ4v) is 1.75. The van der Waals surface area contributed by atoms with Gasteiger partial charge >= 0.3 is 0 Å². The summed E-state index contributed by atoms with van der Waals surface area (Å²) in [6, 6.07) is 7.26. The zero-order chi connectivity index (χ0) is 14.5. The van der Waals surface area contributed by atoms with Crippen molar-refractivity contribution in [1.82, 2.24) is 10.5 Å². The van der Waals surface area contributed by atoms with Crippen molar-refractivity contribution in [3.8, 4) is 11.3 Å². The average molecular weight is 278 g/mol. The molecule has 0 aliphatic heterocycles. The normalized spacial score (nSPS) is 12.2. The molecule has 1 aromatic carbocycles. The van der Waals surface area contributed by atoms with E-state index in [2.05, 4.69) is 10.5 Å². The molecule has 106 valence electrons. The van der Waals surface area contributed by atoms with Crippen molar-refractivity contribution < 1.29 is 18.4 Å². The molecule has 1 N–H and O–H groups in total. The number of hydrogen-bond acceptors (Lipinski definition) is 4. The van der Waals surface area contributed by atoms with Crippen LogP contribution < -0.4 is 5.32 Å². The molecule has 0 radical (unpaired) electrons. The van der Waals surface area contributed by atoms with E-state index in [1.807, 2.05) is 6.92 Å². The highest BCUT2D eigenvalue weighted by Gasteiger charge is 2.16. The third-order valence-corrected chi connectivity index (χ3v) is 2.65. The van der Waals surface area contributed by atoms with Crippen LogP contribution in [-0.2, 0) is 4.74 Å². The molecule has 0 aliphatic rings. The van der Waals surface area contributed by atoms with Crippen LogP contribution >= 0.6 is 0 Å². The second kappa shape index (κ2) is 6.29. The summed E-state index contributed by atoms with van der Waals surface area (Å²) in [4.78, 5) is 11.9. The Morgan fingerprint density at radius 2 is 2.30 bits per heavy atom. The first kappa shape index (κ1) is 14.2. The summed E-state index contributed by atoms with van der Waals surface area (Å²) in [6.45, 7) is 2.21. The predicted octanol–water partition coefficient (Wildman–Crippen LogP) is 2.25. The third kappa shape index (κ3) is 3.42. The number of rotatable bonds is 5. The molecule has 20 heavy (non-hydrogen) atoms. The second-order valence-corrected chi connectivity index (χ2v) is 4.42. The Kier molecular flexibility index (Phi) is 4.47. The number of hydrogen-bond donors (Lipinski definition) is 1. The maximum absolute atomic E-state index is 13.1. The Hall–Kier alpha value is -2.21. The standard InChI is InChI=1S/C14H15FN2O3/c1-9(8-19-2)16-14(18)13-7-12(17-20-13)10-4-3-5-11(15)6-10/h3-7,9H,8H2,1-2H3,(H,16,18)/t9-/m0/s1. The minimum absolute atomic E-state index is 0.0761. The molecule has 1 aromatic heterocycles. The number of amides is 1. The maximum Gasteiger partial charge on any atom is 0.290 e. The quantitative estimate of drug-likeness (QED) is 0.911. The Bertz CT molecular complexity index is 598. The van der Waals surface area contributed by atoms with Gasteiger partial charge < -0.3 is 14.6 Å². The van der Waals surface area contributed by atoms with E-state index in [-0.39, 0.29) is 23.5 Å². The fraction of sp³-hybridized carbons (Fsp3) is 0.286. The van der Waals surface area contributed by atoms with Crippen LogP contribution in [0.5, 0.6) is 0 Å². The lowest BCUT2D eigenvalue weighted by molar-refractivity contribution is 0.0869. The van der Waals surface area contributed by atoms with Crippen molar-refractivity contribution >= 4 is 5.91 Å². The Balaban J connectivity index is 2.11. The molecule has 1 heterocycles. The van der Waals surface area contributed by atoms with Gasteiger partial charge in [0.15, 0.2) is 0 Å². The van der Waals surface area contributed by atoms with Crippen LogP contribution in [-0.4, -0.2) is 30.8 Å². The van der Waals surface area contributed by atoms with E-state index in [9.17, 15) is 9.18 Å². The van der Waals surface area contributed by atoms with Gasteiger partial charge in [-0.3, -0.25) is 4.79 Å². The molecule has 2 rings (SSSR count). The van der Waals surface area contributed by atoms with Gasteiger partial charge in [-0.1, -0.05) is 17.3 Å². The molecule has 5 nitrogen and oxygen atoms in total. The molecule has 0 bridgehead atoms. The first-order chi connectivity index (χ1) is 9.60. The van der Waals surface area contributed by atoms with Gasteiger partial charge in [-0.25, -0.2) is 4.39 Å². The number of nitrogens with zero attached hydrogens (tertiary/aromatic N) is 1. The molecular formula is C14H15FN2O3. The van der Waals surface area contributed by atoms with Crippen molar-refractivity contribution in [3.05, 3.63) is 41.9 Å². The predicted molar refractivity (Wildman–Crippen MR) is 70.7 cm³/mol. The topological polar surface area (TPSA) is 64.4 Å². The molecule has 0 aliphatic carbocycles. The van der Waals surface area contributed by atoms with Crippen LogP contribution in [0, 0.1) is 5.82 Å². The van der Waals surface area contributed by atoms with E-state index in [1.165, 1.54) is 18.2 Å². The van der Waals surface area contributed by atoms with Crippen LogP contribution in [0.4, 0.5) is 4.39 Å². The summed E-state index contributed by atoms with van der Waals surface area (Å²) in [5.74, 6) is -0.679. The number of aromatic nitrogens is 1. The summed E-state index contributed by atoms with van der Waals surface area (Å²) in [5, 5.41) is 6.47. The summed E-state index contributed by atoms with van der Waals surface area (Å²) in [7, 11) is 1.55. The van der Waals surface area contributed by atoms with E-state index in [4.69, 9.17) is 9.26 Å². The van der Waals surface area contributed by atoms with Gasteiger partial charge in [-0.05, 0) is 19.1 Å². The van der Waals surface area contributed by atoms with Gasteiger partial charge in [0.25, 0.3) is 5.91 Å². The SMILES string of the molecule is COC[C@H](C)NC(=O)c1cc(-c2cccc(F)c2)no1. The molecule has 6 heteroatoms. The Morgan fingerprint density at radius 3 is 3.00 bits per heavy atom. The summed E-state index contributed by atoms with van der Waals surface area (Å²) < 4.78 is 23.0. The van der Waals surface area contributed by atoms with Crippen LogP contribution in [0.3, 0.4) is 0 Å². The molecule has 1 atom stereocenters. The number of methoxy groups -OCH3 is 1. The van der Waals surface area contributed by atoms with Crippen LogP contribution in [0.1, 0.15) is 17.5 Å². The molecule has 2 aromatic rings. The highest BCUT2D eigenvalue weighted by molar-refractivity contribution is 5.92. The van der Waals surface area contributed by atoms with E-state index in [0.29, 0.717) is 17.9 Å². The summed E-state index contributed by atoms with van der Waals surface area (Å²) in [5.41, 5.74) is 0.965.